The fraction of sp³-hybridized carbons (Fsp3) is 0.500. The first kappa shape index (κ1) is 23.3. The van der Waals surface area contributed by atoms with E-state index in [1.165, 1.54) is 38.5 Å². The van der Waals surface area contributed by atoms with Gasteiger partial charge in [0.15, 0.2) is 5.17 Å². The van der Waals surface area contributed by atoms with Gasteiger partial charge in [-0.15, -0.1) is 0 Å². The third-order valence-corrected chi connectivity index (χ3v) is 8.36. The molecule has 2 aromatic rings. The van der Waals surface area contributed by atoms with Gasteiger partial charge in [0.25, 0.3) is 5.91 Å². The number of aromatic nitrogens is 1. The number of rotatable bonds is 5. The highest BCUT2D eigenvalue weighted by molar-refractivity contribution is 8.18. The van der Waals surface area contributed by atoms with E-state index >= 15 is 0 Å². The number of hydrogen-bond acceptors (Lipinski definition) is 4. The van der Waals surface area contributed by atoms with E-state index in [-0.39, 0.29) is 11.9 Å². The topological polar surface area (TPSA) is 46.8 Å². The molecule has 34 heavy (non-hydrogen) atoms. The molecule has 1 aliphatic heterocycles. The summed E-state index contributed by atoms with van der Waals surface area (Å²) in [7, 11) is 1.68. The number of methoxy groups -OCH3 is 1. The van der Waals surface area contributed by atoms with Crippen molar-refractivity contribution < 1.29 is 9.53 Å². The first-order valence-corrected chi connectivity index (χ1v) is 13.6. The number of amidine groups is 1. The maximum atomic E-state index is 13.7. The molecule has 6 heteroatoms. The molecule has 1 aromatic heterocycles. The van der Waals surface area contributed by atoms with Gasteiger partial charge in [-0.25, -0.2) is 0 Å². The summed E-state index contributed by atoms with van der Waals surface area (Å²) in [5.74, 6) is 0.966. The molecule has 3 fully saturated rings. The van der Waals surface area contributed by atoms with Crippen molar-refractivity contribution in [2.45, 2.75) is 83.2 Å². The highest BCUT2D eigenvalue weighted by Crippen LogP contribution is 2.39. The van der Waals surface area contributed by atoms with E-state index < -0.39 is 0 Å². The highest BCUT2D eigenvalue weighted by Gasteiger charge is 2.39. The molecule has 3 aliphatic rings. The average Bonchev–Trinajstić information content (AvgIpc) is 3.39. The molecule has 5 nitrogen and oxygen atoms in total. The van der Waals surface area contributed by atoms with Gasteiger partial charge in [0.2, 0.25) is 0 Å². The SMILES string of the molecule is COc1ccc(-n2c(C)ccc2/C=C2\SC(=NC3CCCCC3)N(C3CCCCC3)C2=O)cc1. The van der Waals surface area contributed by atoms with Gasteiger partial charge in [0.05, 0.1) is 18.1 Å². The standard InChI is InChI=1S/C28H35N3O2S/c1-20-13-14-24(30(20)23-15-17-25(33-2)18-16-23)19-26-27(32)31(22-11-7-4-8-12-22)28(34-26)29-21-9-5-3-6-10-21/h13-19,21-22H,3-12H2,1-2H3/b26-19-,29-28?. The van der Waals surface area contributed by atoms with Gasteiger partial charge in [-0.05, 0) is 86.8 Å². The lowest BCUT2D eigenvalue weighted by Gasteiger charge is -2.31. The lowest BCUT2D eigenvalue weighted by molar-refractivity contribution is -0.124. The first-order valence-electron chi connectivity index (χ1n) is 12.8. The molecule has 5 rings (SSSR count). The molecule has 2 heterocycles. The van der Waals surface area contributed by atoms with E-state index in [1.54, 1.807) is 18.9 Å². The maximum Gasteiger partial charge on any atom is 0.267 e. The minimum absolute atomic E-state index is 0.131. The number of aryl methyl sites for hydroxylation is 1. The van der Waals surface area contributed by atoms with Crippen molar-refractivity contribution in [1.82, 2.24) is 9.47 Å². The fourth-order valence-corrected chi connectivity index (χ4v) is 6.59. The second-order valence-electron chi connectivity index (χ2n) is 9.71. The molecule has 0 bridgehead atoms. The number of hydrogen-bond donors (Lipinski definition) is 0. The van der Waals surface area contributed by atoms with E-state index in [2.05, 4.69) is 46.7 Å². The predicted octanol–water partition coefficient (Wildman–Crippen LogP) is 6.73. The Hall–Kier alpha value is -2.47. The molecule has 1 amide bonds. The van der Waals surface area contributed by atoms with Crippen molar-refractivity contribution in [3.05, 3.63) is 52.7 Å². The summed E-state index contributed by atoms with van der Waals surface area (Å²) in [5, 5.41) is 0.939. The summed E-state index contributed by atoms with van der Waals surface area (Å²) < 4.78 is 7.52. The Morgan fingerprint density at radius 2 is 1.62 bits per heavy atom. The number of amides is 1. The Kier molecular flexibility index (Phi) is 7.14. The van der Waals surface area contributed by atoms with Gasteiger partial charge in [-0.2, -0.15) is 0 Å². The first-order chi connectivity index (χ1) is 16.6. The van der Waals surface area contributed by atoms with Gasteiger partial charge < -0.3 is 9.30 Å². The summed E-state index contributed by atoms with van der Waals surface area (Å²) in [6.07, 6.45) is 14.0. The zero-order chi connectivity index (χ0) is 23.5. The van der Waals surface area contributed by atoms with Gasteiger partial charge in [-0.3, -0.25) is 14.7 Å². The van der Waals surface area contributed by atoms with Crippen molar-refractivity contribution >= 4 is 28.9 Å². The Labute approximate surface area is 207 Å². The number of benzene rings is 1. The van der Waals surface area contributed by atoms with Crippen LogP contribution in [0.1, 0.15) is 75.6 Å². The summed E-state index contributed by atoms with van der Waals surface area (Å²) in [5.41, 5.74) is 3.21. The predicted molar refractivity (Wildman–Crippen MR) is 141 cm³/mol. The molecule has 0 unspecified atom stereocenters. The Bertz CT molecular complexity index is 1070. The van der Waals surface area contributed by atoms with Crippen molar-refractivity contribution in [1.29, 1.82) is 0 Å². The molecule has 1 aromatic carbocycles. The van der Waals surface area contributed by atoms with Crippen LogP contribution in [0.5, 0.6) is 5.75 Å². The third-order valence-electron chi connectivity index (χ3n) is 7.36. The van der Waals surface area contributed by atoms with E-state index in [1.807, 2.05) is 12.1 Å². The molecular formula is C28H35N3O2S. The maximum absolute atomic E-state index is 13.7. The molecule has 0 radical (unpaired) electrons. The van der Waals surface area contributed by atoms with Crippen molar-refractivity contribution in [2.24, 2.45) is 4.99 Å². The number of thioether (sulfide) groups is 1. The number of ether oxygens (including phenoxy) is 1. The van der Waals surface area contributed by atoms with Crippen LogP contribution in [-0.4, -0.2) is 39.7 Å². The van der Waals surface area contributed by atoms with E-state index in [0.717, 1.165) is 58.6 Å². The smallest absolute Gasteiger partial charge is 0.267 e. The van der Waals surface area contributed by atoms with Crippen LogP contribution < -0.4 is 4.74 Å². The molecule has 180 valence electrons. The van der Waals surface area contributed by atoms with Gasteiger partial charge in [0, 0.05) is 23.1 Å². The Balaban J connectivity index is 1.48. The largest absolute Gasteiger partial charge is 0.497 e. The summed E-state index contributed by atoms with van der Waals surface area (Å²) in [4.78, 5) is 21.7. The van der Waals surface area contributed by atoms with Crippen LogP contribution in [0, 0.1) is 6.92 Å². The minimum Gasteiger partial charge on any atom is -0.497 e. The molecule has 2 aliphatic carbocycles. The molecule has 0 atom stereocenters. The van der Waals surface area contributed by atoms with Crippen LogP contribution in [0.4, 0.5) is 0 Å². The highest BCUT2D eigenvalue weighted by atomic mass is 32.2. The molecule has 1 saturated heterocycles. The van der Waals surface area contributed by atoms with Crippen LogP contribution in [0.2, 0.25) is 0 Å². The lowest BCUT2D eigenvalue weighted by Crippen LogP contribution is -2.41. The van der Waals surface area contributed by atoms with Gasteiger partial charge >= 0.3 is 0 Å². The van der Waals surface area contributed by atoms with Crippen LogP contribution in [0.3, 0.4) is 0 Å². The summed E-state index contributed by atoms with van der Waals surface area (Å²) >= 11 is 1.58. The number of carbonyl (C=O) groups is 1. The van der Waals surface area contributed by atoms with E-state index in [0.29, 0.717) is 6.04 Å². The Morgan fingerprint density at radius 1 is 0.941 bits per heavy atom. The van der Waals surface area contributed by atoms with Crippen molar-refractivity contribution in [2.75, 3.05) is 7.11 Å². The summed E-state index contributed by atoms with van der Waals surface area (Å²) in [6.45, 7) is 2.10. The quantitative estimate of drug-likeness (QED) is 0.449. The molecular weight excluding hydrogens is 442 g/mol. The van der Waals surface area contributed by atoms with Crippen LogP contribution >= 0.6 is 11.8 Å². The number of carbonyl (C=O) groups excluding carboxylic acids is 1. The molecule has 2 saturated carbocycles. The Morgan fingerprint density at radius 3 is 2.29 bits per heavy atom. The zero-order valence-corrected chi connectivity index (χ0v) is 21.2. The minimum atomic E-state index is 0.131. The normalized spacial score (nSPS) is 22.8. The van der Waals surface area contributed by atoms with Crippen LogP contribution in [-0.2, 0) is 4.79 Å². The number of nitrogens with zero attached hydrogens (tertiary/aromatic N) is 3. The van der Waals surface area contributed by atoms with E-state index in [4.69, 9.17) is 9.73 Å². The fourth-order valence-electron chi connectivity index (χ4n) is 5.49. The lowest BCUT2D eigenvalue weighted by atomic mass is 9.94. The van der Waals surface area contributed by atoms with Crippen molar-refractivity contribution in [3.63, 3.8) is 0 Å². The van der Waals surface area contributed by atoms with Crippen LogP contribution in [0.25, 0.3) is 11.8 Å². The number of aliphatic imine (C=N–C) groups is 1. The third kappa shape index (κ3) is 4.83. The van der Waals surface area contributed by atoms with E-state index in [9.17, 15) is 4.79 Å². The molecule has 0 spiro atoms. The van der Waals surface area contributed by atoms with Crippen LogP contribution in [0.15, 0.2) is 46.3 Å². The molecule has 0 N–H and O–H groups in total. The summed E-state index contributed by atoms with van der Waals surface area (Å²) in [6, 6.07) is 12.9. The second-order valence-corrected chi connectivity index (χ2v) is 10.7. The zero-order valence-electron chi connectivity index (χ0n) is 20.3. The van der Waals surface area contributed by atoms with Gasteiger partial charge in [0.1, 0.15) is 5.75 Å². The average molecular weight is 478 g/mol. The van der Waals surface area contributed by atoms with Crippen molar-refractivity contribution in [3.8, 4) is 11.4 Å². The monoisotopic (exact) mass is 477 g/mol. The van der Waals surface area contributed by atoms with Gasteiger partial charge in [-0.1, -0.05) is 38.5 Å². The second kappa shape index (κ2) is 10.4.